The van der Waals surface area contributed by atoms with Crippen molar-refractivity contribution in [3.63, 3.8) is 0 Å². The monoisotopic (exact) mass is 206 g/mol. The third-order valence-electron chi connectivity index (χ3n) is 2.41. The Kier molecular flexibility index (Phi) is 3.50. The van der Waals surface area contributed by atoms with Crippen molar-refractivity contribution >= 4 is 5.95 Å². The van der Waals surface area contributed by atoms with Crippen LogP contribution in [0.2, 0.25) is 0 Å². The molecule has 1 aromatic rings. The standard InChI is InChI=1S/C11H18N4/c1-2-5-12-11-14-7-9(8-15-11)6-13-10-3-4-10/h7-8,10,13H,2-6H2,1H3,(H,12,14,15). The van der Waals surface area contributed by atoms with Gasteiger partial charge in [0.05, 0.1) is 0 Å². The molecule has 1 aliphatic rings. The average molecular weight is 206 g/mol. The molecule has 1 fully saturated rings. The van der Waals surface area contributed by atoms with E-state index in [2.05, 4.69) is 27.5 Å². The number of rotatable bonds is 6. The van der Waals surface area contributed by atoms with Gasteiger partial charge in [0.1, 0.15) is 0 Å². The molecule has 1 aliphatic carbocycles. The second-order valence-electron chi connectivity index (χ2n) is 4.00. The Balaban J connectivity index is 1.79. The highest BCUT2D eigenvalue weighted by Crippen LogP contribution is 2.19. The molecule has 1 heterocycles. The number of hydrogen-bond donors (Lipinski definition) is 2. The van der Waals surface area contributed by atoms with Crippen LogP contribution in [0.15, 0.2) is 12.4 Å². The second kappa shape index (κ2) is 5.07. The lowest BCUT2D eigenvalue weighted by molar-refractivity contribution is 0.683. The summed E-state index contributed by atoms with van der Waals surface area (Å²) in [6.07, 6.45) is 7.50. The van der Waals surface area contributed by atoms with Crippen molar-refractivity contribution in [2.24, 2.45) is 0 Å². The first-order valence-electron chi connectivity index (χ1n) is 5.66. The van der Waals surface area contributed by atoms with Crippen molar-refractivity contribution < 1.29 is 0 Å². The number of nitrogens with one attached hydrogen (secondary N) is 2. The maximum Gasteiger partial charge on any atom is 0.222 e. The van der Waals surface area contributed by atoms with Gasteiger partial charge < -0.3 is 10.6 Å². The van der Waals surface area contributed by atoms with E-state index in [-0.39, 0.29) is 0 Å². The Bertz CT molecular complexity index is 292. The Morgan fingerprint density at radius 1 is 1.33 bits per heavy atom. The summed E-state index contributed by atoms with van der Waals surface area (Å²) in [5, 5.41) is 6.59. The van der Waals surface area contributed by atoms with Gasteiger partial charge in [-0.05, 0) is 19.3 Å². The van der Waals surface area contributed by atoms with Gasteiger partial charge >= 0.3 is 0 Å². The fourth-order valence-corrected chi connectivity index (χ4v) is 1.32. The minimum atomic E-state index is 0.729. The van der Waals surface area contributed by atoms with E-state index in [0.29, 0.717) is 0 Å². The zero-order valence-electron chi connectivity index (χ0n) is 9.16. The summed E-state index contributed by atoms with van der Waals surface area (Å²) in [6.45, 7) is 3.94. The SMILES string of the molecule is CCCNc1ncc(CNC2CC2)cn1. The maximum atomic E-state index is 4.25. The van der Waals surface area contributed by atoms with E-state index in [0.717, 1.165) is 37.1 Å². The van der Waals surface area contributed by atoms with E-state index in [9.17, 15) is 0 Å². The van der Waals surface area contributed by atoms with E-state index in [1.54, 1.807) is 0 Å². The van der Waals surface area contributed by atoms with Gasteiger partial charge in [-0.15, -0.1) is 0 Å². The molecule has 15 heavy (non-hydrogen) atoms. The Labute approximate surface area is 90.5 Å². The van der Waals surface area contributed by atoms with Crippen LogP contribution in [0.25, 0.3) is 0 Å². The molecular formula is C11H18N4. The molecule has 4 heteroatoms. The van der Waals surface area contributed by atoms with Gasteiger partial charge in [-0.2, -0.15) is 0 Å². The first kappa shape index (κ1) is 10.4. The van der Waals surface area contributed by atoms with Gasteiger partial charge in [0.15, 0.2) is 0 Å². The summed E-state index contributed by atoms with van der Waals surface area (Å²) in [6, 6.07) is 0.739. The molecule has 4 nitrogen and oxygen atoms in total. The molecule has 1 saturated carbocycles. The van der Waals surface area contributed by atoms with Gasteiger partial charge in [0.25, 0.3) is 0 Å². The topological polar surface area (TPSA) is 49.8 Å². The zero-order valence-corrected chi connectivity index (χ0v) is 9.16. The minimum absolute atomic E-state index is 0.729. The van der Waals surface area contributed by atoms with Crippen LogP contribution in [0.5, 0.6) is 0 Å². The molecule has 2 N–H and O–H groups in total. The summed E-state index contributed by atoms with van der Waals surface area (Å²) in [5.41, 5.74) is 1.16. The van der Waals surface area contributed by atoms with Crippen LogP contribution in [-0.4, -0.2) is 22.6 Å². The lowest BCUT2D eigenvalue weighted by Crippen LogP contribution is -2.15. The highest BCUT2D eigenvalue weighted by Gasteiger charge is 2.19. The number of nitrogens with zero attached hydrogens (tertiary/aromatic N) is 2. The minimum Gasteiger partial charge on any atom is -0.354 e. The zero-order chi connectivity index (χ0) is 10.5. The molecule has 0 radical (unpaired) electrons. The van der Waals surface area contributed by atoms with Crippen molar-refractivity contribution in [1.29, 1.82) is 0 Å². The molecular weight excluding hydrogens is 188 g/mol. The van der Waals surface area contributed by atoms with Crippen molar-refractivity contribution in [3.05, 3.63) is 18.0 Å². The van der Waals surface area contributed by atoms with Crippen LogP contribution in [0.1, 0.15) is 31.7 Å². The first-order chi connectivity index (χ1) is 7.38. The summed E-state index contributed by atoms with van der Waals surface area (Å²) in [5.74, 6) is 0.729. The summed E-state index contributed by atoms with van der Waals surface area (Å²) in [4.78, 5) is 8.50. The van der Waals surface area contributed by atoms with Gasteiger partial charge in [0, 0.05) is 37.1 Å². The summed E-state index contributed by atoms with van der Waals surface area (Å²) >= 11 is 0. The van der Waals surface area contributed by atoms with Crippen LogP contribution in [-0.2, 0) is 6.54 Å². The Morgan fingerprint density at radius 3 is 2.67 bits per heavy atom. The quantitative estimate of drug-likeness (QED) is 0.741. The van der Waals surface area contributed by atoms with Crippen LogP contribution in [0.4, 0.5) is 5.95 Å². The van der Waals surface area contributed by atoms with Crippen LogP contribution in [0.3, 0.4) is 0 Å². The van der Waals surface area contributed by atoms with E-state index >= 15 is 0 Å². The molecule has 0 aliphatic heterocycles. The molecule has 0 aromatic carbocycles. The van der Waals surface area contributed by atoms with E-state index in [4.69, 9.17) is 0 Å². The van der Waals surface area contributed by atoms with Crippen LogP contribution >= 0.6 is 0 Å². The predicted octanol–water partition coefficient (Wildman–Crippen LogP) is 1.55. The lowest BCUT2D eigenvalue weighted by atomic mass is 10.3. The molecule has 82 valence electrons. The second-order valence-corrected chi connectivity index (χ2v) is 4.00. The predicted molar refractivity (Wildman–Crippen MR) is 60.7 cm³/mol. The van der Waals surface area contributed by atoms with E-state index in [1.807, 2.05) is 12.4 Å². The van der Waals surface area contributed by atoms with E-state index in [1.165, 1.54) is 12.8 Å². The van der Waals surface area contributed by atoms with Crippen molar-refractivity contribution in [1.82, 2.24) is 15.3 Å². The smallest absolute Gasteiger partial charge is 0.222 e. The molecule has 0 unspecified atom stereocenters. The Morgan fingerprint density at radius 2 is 2.07 bits per heavy atom. The molecule has 0 amide bonds. The van der Waals surface area contributed by atoms with E-state index < -0.39 is 0 Å². The Hall–Kier alpha value is -1.16. The lowest BCUT2D eigenvalue weighted by Gasteiger charge is -2.04. The number of anilines is 1. The van der Waals surface area contributed by atoms with Gasteiger partial charge in [0.2, 0.25) is 5.95 Å². The summed E-state index contributed by atoms with van der Waals surface area (Å²) < 4.78 is 0. The van der Waals surface area contributed by atoms with Crippen molar-refractivity contribution in [3.8, 4) is 0 Å². The van der Waals surface area contributed by atoms with Crippen molar-refractivity contribution in [2.45, 2.75) is 38.8 Å². The first-order valence-corrected chi connectivity index (χ1v) is 5.66. The fraction of sp³-hybridized carbons (Fsp3) is 0.636. The van der Waals surface area contributed by atoms with Gasteiger partial charge in [-0.25, -0.2) is 9.97 Å². The van der Waals surface area contributed by atoms with Gasteiger partial charge in [-0.3, -0.25) is 0 Å². The number of aromatic nitrogens is 2. The molecule has 2 rings (SSSR count). The molecule has 0 bridgehead atoms. The highest BCUT2D eigenvalue weighted by atomic mass is 15.1. The van der Waals surface area contributed by atoms with Crippen LogP contribution < -0.4 is 10.6 Å². The molecule has 1 aromatic heterocycles. The normalized spacial score (nSPS) is 15.3. The number of hydrogen-bond acceptors (Lipinski definition) is 4. The van der Waals surface area contributed by atoms with Crippen LogP contribution in [0, 0.1) is 0 Å². The third-order valence-corrected chi connectivity index (χ3v) is 2.41. The maximum absolute atomic E-state index is 4.25. The largest absolute Gasteiger partial charge is 0.354 e. The molecule has 0 saturated heterocycles. The highest BCUT2D eigenvalue weighted by molar-refractivity contribution is 5.24. The van der Waals surface area contributed by atoms with Gasteiger partial charge in [-0.1, -0.05) is 6.92 Å². The molecule has 0 spiro atoms. The summed E-state index contributed by atoms with van der Waals surface area (Å²) in [7, 11) is 0. The molecule has 0 atom stereocenters. The van der Waals surface area contributed by atoms with Crippen molar-refractivity contribution in [2.75, 3.05) is 11.9 Å². The fourth-order valence-electron chi connectivity index (χ4n) is 1.32. The third kappa shape index (κ3) is 3.47. The average Bonchev–Trinajstić information content (AvgIpc) is 3.09.